The van der Waals surface area contributed by atoms with Gasteiger partial charge in [0.2, 0.25) is 0 Å². The predicted octanol–water partition coefficient (Wildman–Crippen LogP) is 2.54. The van der Waals surface area contributed by atoms with E-state index in [2.05, 4.69) is 15.6 Å². The average molecular weight is 476 g/mol. The molecule has 0 aromatic carbocycles. The fraction of sp³-hybridized carbons (Fsp3) is 0.684. The lowest BCUT2D eigenvalue weighted by atomic mass is 10.3. The second-order valence-corrected chi connectivity index (χ2v) is 6.66. The molecule has 1 saturated carbocycles. The van der Waals surface area contributed by atoms with Gasteiger partial charge in [0.05, 0.1) is 0 Å². The summed E-state index contributed by atoms with van der Waals surface area (Å²) < 4.78 is 7.45. The van der Waals surface area contributed by atoms with Crippen LogP contribution >= 0.6 is 24.0 Å². The van der Waals surface area contributed by atoms with E-state index in [-0.39, 0.29) is 29.5 Å². The van der Waals surface area contributed by atoms with E-state index in [0.29, 0.717) is 0 Å². The molecule has 0 spiro atoms. The number of aliphatic imine (C=N–C) groups is 1. The first-order valence-electron chi connectivity index (χ1n) is 9.39. The third-order valence-corrected chi connectivity index (χ3v) is 4.40. The Balaban J connectivity index is 0.00000338. The summed E-state index contributed by atoms with van der Waals surface area (Å²) in [6, 6.07) is 5.40. The SMILES string of the molecule is CN=C(NCCCCn1c(C)cccc1=O)NCCCOCC1CC1.I. The van der Waals surface area contributed by atoms with Crippen molar-refractivity contribution in [3.63, 3.8) is 0 Å². The summed E-state index contributed by atoms with van der Waals surface area (Å²) >= 11 is 0. The van der Waals surface area contributed by atoms with Crippen LogP contribution in [-0.4, -0.2) is 43.9 Å². The Bertz CT molecular complexity index is 599. The fourth-order valence-corrected chi connectivity index (χ4v) is 2.65. The molecule has 7 heteroatoms. The Morgan fingerprint density at radius 3 is 2.62 bits per heavy atom. The van der Waals surface area contributed by atoms with Crippen molar-refractivity contribution < 1.29 is 4.74 Å². The monoisotopic (exact) mass is 476 g/mol. The van der Waals surface area contributed by atoms with E-state index in [4.69, 9.17) is 4.74 Å². The lowest BCUT2D eigenvalue weighted by Gasteiger charge is -2.13. The number of halogens is 1. The molecule has 1 aromatic heterocycles. The Hall–Kier alpha value is -1.09. The third-order valence-electron chi connectivity index (χ3n) is 4.40. The Morgan fingerprint density at radius 1 is 1.23 bits per heavy atom. The number of ether oxygens (including phenoxy) is 1. The minimum Gasteiger partial charge on any atom is -0.381 e. The minimum atomic E-state index is 0. The Kier molecular flexibility index (Phi) is 11.6. The molecule has 148 valence electrons. The molecule has 6 nitrogen and oxygen atoms in total. The van der Waals surface area contributed by atoms with Crippen LogP contribution < -0.4 is 16.2 Å². The van der Waals surface area contributed by atoms with E-state index in [1.165, 1.54) is 12.8 Å². The van der Waals surface area contributed by atoms with Crippen LogP contribution in [0.5, 0.6) is 0 Å². The molecule has 1 aromatic rings. The van der Waals surface area contributed by atoms with Gasteiger partial charge in [-0.15, -0.1) is 24.0 Å². The maximum Gasteiger partial charge on any atom is 0.250 e. The number of nitrogens with one attached hydrogen (secondary N) is 2. The normalized spacial score (nSPS) is 14.0. The van der Waals surface area contributed by atoms with Crippen LogP contribution in [0.4, 0.5) is 0 Å². The quantitative estimate of drug-likeness (QED) is 0.223. The molecular weight excluding hydrogens is 443 g/mol. The van der Waals surface area contributed by atoms with Gasteiger partial charge in [-0.1, -0.05) is 6.07 Å². The molecule has 0 saturated heterocycles. The van der Waals surface area contributed by atoms with Gasteiger partial charge in [-0.05, 0) is 51.0 Å². The summed E-state index contributed by atoms with van der Waals surface area (Å²) in [6.07, 6.45) is 5.62. The largest absolute Gasteiger partial charge is 0.381 e. The van der Waals surface area contributed by atoms with Gasteiger partial charge in [-0.2, -0.15) is 0 Å². The molecule has 26 heavy (non-hydrogen) atoms. The van der Waals surface area contributed by atoms with Crippen LogP contribution in [0.2, 0.25) is 0 Å². The van der Waals surface area contributed by atoms with Crippen molar-refractivity contribution in [2.45, 2.75) is 45.6 Å². The Morgan fingerprint density at radius 2 is 1.96 bits per heavy atom. The van der Waals surface area contributed by atoms with Gasteiger partial charge in [0.15, 0.2) is 5.96 Å². The summed E-state index contributed by atoms with van der Waals surface area (Å²) in [7, 11) is 1.78. The van der Waals surface area contributed by atoms with Gasteiger partial charge < -0.3 is 19.9 Å². The molecule has 2 rings (SSSR count). The molecule has 1 aliphatic carbocycles. The van der Waals surface area contributed by atoms with E-state index >= 15 is 0 Å². The summed E-state index contributed by atoms with van der Waals surface area (Å²) in [5, 5.41) is 6.62. The number of unbranched alkanes of at least 4 members (excludes halogenated alkanes) is 1. The summed E-state index contributed by atoms with van der Waals surface area (Å²) in [6.45, 7) is 6.18. The maximum atomic E-state index is 11.8. The van der Waals surface area contributed by atoms with Crippen LogP contribution in [-0.2, 0) is 11.3 Å². The van der Waals surface area contributed by atoms with E-state index < -0.39 is 0 Å². The second kappa shape index (κ2) is 13.1. The smallest absolute Gasteiger partial charge is 0.250 e. The highest BCUT2D eigenvalue weighted by Gasteiger charge is 2.20. The number of hydrogen-bond acceptors (Lipinski definition) is 3. The fourth-order valence-electron chi connectivity index (χ4n) is 2.65. The zero-order chi connectivity index (χ0) is 17.9. The second-order valence-electron chi connectivity index (χ2n) is 6.66. The topological polar surface area (TPSA) is 67.7 Å². The molecule has 0 bridgehead atoms. The lowest BCUT2D eigenvalue weighted by molar-refractivity contribution is 0.123. The number of guanidine groups is 1. The number of aromatic nitrogens is 1. The van der Waals surface area contributed by atoms with Crippen molar-refractivity contribution in [1.82, 2.24) is 15.2 Å². The standard InChI is InChI=1S/C19H32N4O2.HI/c1-16-7-5-8-18(24)23(16)13-4-3-11-21-19(20-2)22-12-6-14-25-15-17-9-10-17;/h5,7-8,17H,3-4,6,9-15H2,1-2H3,(H2,20,21,22);1H. The molecule has 0 unspecified atom stereocenters. The lowest BCUT2D eigenvalue weighted by Crippen LogP contribution is -2.38. The van der Waals surface area contributed by atoms with Crippen LogP contribution in [0.1, 0.15) is 37.8 Å². The van der Waals surface area contributed by atoms with Crippen molar-refractivity contribution in [3.8, 4) is 0 Å². The van der Waals surface area contributed by atoms with Crippen molar-refractivity contribution >= 4 is 29.9 Å². The molecule has 1 aliphatic rings. The number of nitrogens with zero attached hydrogens (tertiary/aromatic N) is 2. The van der Waals surface area contributed by atoms with Gasteiger partial charge in [-0.3, -0.25) is 9.79 Å². The van der Waals surface area contributed by atoms with E-state index in [9.17, 15) is 4.79 Å². The van der Waals surface area contributed by atoms with Crippen LogP contribution in [0.25, 0.3) is 0 Å². The van der Waals surface area contributed by atoms with Crippen LogP contribution in [0.3, 0.4) is 0 Å². The zero-order valence-electron chi connectivity index (χ0n) is 16.0. The van der Waals surface area contributed by atoms with E-state index in [1.807, 2.05) is 23.6 Å². The Labute approximate surface area is 173 Å². The molecule has 1 fully saturated rings. The average Bonchev–Trinajstić information content (AvgIpc) is 3.42. The molecule has 0 aliphatic heterocycles. The van der Waals surface area contributed by atoms with Gasteiger partial charge >= 0.3 is 0 Å². The predicted molar refractivity (Wildman–Crippen MR) is 118 cm³/mol. The zero-order valence-corrected chi connectivity index (χ0v) is 18.3. The highest BCUT2D eigenvalue weighted by Crippen LogP contribution is 2.28. The molecule has 0 radical (unpaired) electrons. The number of pyridine rings is 1. The number of aryl methyl sites for hydroxylation is 1. The third kappa shape index (κ3) is 9.02. The van der Waals surface area contributed by atoms with Gasteiger partial charge in [0, 0.05) is 51.7 Å². The molecule has 0 atom stereocenters. The van der Waals surface area contributed by atoms with Gasteiger partial charge in [0.25, 0.3) is 5.56 Å². The van der Waals surface area contributed by atoms with E-state index in [1.54, 1.807) is 13.1 Å². The summed E-state index contributed by atoms with van der Waals surface area (Å²) in [5.41, 5.74) is 1.09. The van der Waals surface area contributed by atoms with Gasteiger partial charge in [0.1, 0.15) is 0 Å². The van der Waals surface area contributed by atoms with Crippen molar-refractivity contribution in [3.05, 3.63) is 34.2 Å². The summed E-state index contributed by atoms with van der Waals surface area (Å²) in [5.74, 6) is 1.66. The minimum absolute atomic E-state index is 0. The van der Waals surface area contributed by atoms with Crippen LogP contribution in [0, 0.1) is 12.8 Å². The number of hydrogen-bond donors (Lipinski definition) is 2. The molecule has 1 heterocycles. The number of rotatable bonds is 11. The molecule has 0 amide bonds. The van der Waals surface area contributed by atoms with Gasteiger partial charge in [-0.25, -0.2) is 0 Å². The first kappa shape index (κ1) is 23.0. The first-order chi connectivity index (χ1) is 12.2. The molecular formula is C19H33IN4O2. The summed E-state index contributed by atoms with van der Waals surface area (Å²) in [4.78, 5) is 16.0. The highest BCUT2D eigenvalue weighted by atomic mass is 127. The van der Waals surface area contributed by atoms with Crippen molar-refractivity contribution in [1.29, 1.82) is 0 Å². The molecule has 2 N–H and O–H groups in total. The van der Waals surface area contributed by atoms with E-state index in [0.717, 1.165) is 69.7 Å². The van der Waals surface area contributed by atoms with Crippen molar-refractivity contribution in [2.24, 2.45) is 10.9 Å². The maximum absolute atomic E-state index is 11.8. The van der Waals surface area contributed by atoms with Crippen LogP contribution in [0.15, 0.2) is 28.0 Å². The first-order valence-corrected chi connectivity index (χ1v) is 9.39. The highest BCUT2D eigenvalue weighted by molar-refractivity contribution is 14.0. The van der Waals surface area contributed by atoms with Crippen molar-refractivity contribution in [2.75, 3.05) is 33.4 Å².